The first-order valence-corrected chi connectivity index (χ1v) is 9.70. The van der Waals surface area contributed by atoms with Crippen LogP contribution < -0.4 is 10.2 Å². The average Bonchev–Trinajstić information content (AvgIpc) is 2.72. The van der Waals surface area contributed by atoms with Gasteiger partial charge < -0.3 is 10.2 Å². The van der Waals surface area contributed by atoms with Gasteiger partial charge in [0.15, 0.2) is 0 Å². The molecule has 3 rings (SSSR count). The van der Waals surface area contributed by atoms with Gasteiger partial charge in [-0.25, -0.2) is 4.39 Å². The molecule has 0 radical (unpaired) electrons. The molecule has 0 unspecified atom stereocenters. The number of carbonyl (C=O) groups excluding carboxylic acids is 1. The number of benzene rings is 2. The van der Waals surface area contributed by atoms with E-state index in [0.29, 0.717) is 17.7 Å². The number of piperazine rings is 1. The normalized spacial score (nSPS) is 14.6. The lowest BCUT2D eigenvalue weighted by atomic mass is 10.1. The number of hydrogen-bond acceptors (Lipinski definition) is 5. The Kier molecular flexibility index (Phi) is 6.77. The Morgan fingerprint density at radius 2 is 1.83 bits per heavy atom. The van der Waals surface area contributed by atoms with E-state index in [-0.39, 0.29) is 17.4 Å². The van der Waals surface area contributed by atoms with E-state index < -0.39 is 4.92 Å². The molecule has 1 aliphatic heterocycles. The van der Waals surface area contributed by atoms with Gasteiger partial charge in [0, 0.05) is 55.6 Å². The molecule has 0 aromatic heterocycles. The highest BCUT2D eigenvalue weighted by atomic mass is 19.1. The second-order valence-electron chi connectivity index (χ2n) is 7.17. The molecule has 2 aromatic rings. The first-order chi connectivity index (χ1) is 13.9. The van der Waals surface area contributed by atoms with E-state index >= 15 is 0 Å². The van der Waals surface area contributed by atoms with E-state index in [0.717, 1.165) is 44.8 Å². The van der Waals surface area contributed by atoms with Crippen molar-refractivity contribution in [3.8, 4) is 0 Å². The van der Waals surface area contributed by atoms with Crippen LogP contribution in [0.2, 0.25) is 0 Å². The van der Waals surface area contributed by atoms with E-state index in [9.17, 15) is 19.3 Å². The van der Waals surface area contributed by atoms with Crippen LogP contribution in [-0.2, 0) is 0 Å². The number of amides is 1. The molecule has 8 heteroatoms. The highest BCUT2D eigenvalue weighted by molar-refractivity contribution is 5.94. The largest absolute Gasteiger partial charge is 0.369 e. The maximum absolute atomic E-state index is 13.0. The third-order valence-corrected chi connectivity index (χ3v) is 5.16. The minimum atomic E-state index is -0.452. The lowest BCUT2D eigenvalue weighted by Gasteiger charge is -2.36. The predicted octanol–water partition coefficient (Wildman–Crippen LogP) is 2.98. The molecule has 0 saturated carbocycles. The fourth-order valence-corrected chi connectivity index (χ4v) is 3.49. The second-order valence-corrected chi connectivity index (χ2v) is 7.17. The fraction of sp³-hybridized carbons (Fsp3) is 0.381. The Morgan fingerprint density at radius 1 is 1.14 bits per heavy atom. The smallest absolute Gasteiger partial charge is 0.272 e. The van der Waals surface area contributed by atoms with Crippen molar-refractivity contribution in [2.75, 3.05) is 44.2 Å². The molecular formula is C21H25FN4O3. The number of nitro benzene ring substituents is 1. The molecule has 1 fully saturated rings. The molecule has 1 heterocycles. The summed E-state index contributed by atoms with van der Waals surface area (Å²) in [5.74, 6) is -0.442. The highest BCUT2D eigenvalue weighted by Crippen LogP contribution is 2.19. The molecule has 1 amide bonds. The molecule has 154 valence electrons. The summed E-state index contributed by atoms with van der Waals surface area (Å²) in [7, 11) is 0. The molecule has 0 atom stereocenters. The standard InChI is InChI=1S/C21H25FN4O3/c1-16-15-17(3-8-20(16)26(28)29)21(27)23-9-2-10-24-11-13-25(14-12-24)19-6-4-18(22)5-7-19/h3-8,15H,2,9-14H2,1H3,(H,23,27). The van der Waals surface area contributed by atoms with Gasteiger partial charge in [-0.15, -0.1) is 0 Å². The van der Waals surface area contributed by atoms with E-state index in [1.54, 1.807) is 25.1 Å². The summed E-state index contributed by atoms with van der Waals surface area (Å²) in [5.41, 5.74) is 1.96. The summed E-state index contributed by atoms with van der Waals surface area (Å²) < 4.78 is 13.0. The number of aryl methyl sites for hydroxylation is 1. The molecule has 1 saturated heterocycles. The van der Waals surface area contributed by atoms with Gasteiger partial charge in [0.25, 0.3) is 11.6 Å². The van der Waals surface area contributed by atoms with Gasteiger partial charge in [-0.2, -0.15) is 0 Å². The van der Waals surface area contributed by atoms with Crippen LogP contribution in [0.15, 0.2) is 42.5 Å². The Hall–Kier alpha value is -3.00. The number of hydrogen-bond donors (Lipinski definition) is 1. The Balaban J connectivity index is 1.38. The van der Waals surface area contributed by atoms with Gasteiger partial charge in [0.1, 0.15) is 5.82 Å². The summed E-state index contributed by atoms with van der Waals surface area (Å²) in [6.07, 6.45) is 0.828. The van der Waals surface area contributed by atoms with Gasteiger partial charge in [-0.1, -0.05) is 0 Å². The van der Waals surface area contributed by atoms with Crippen molar-refractivity contribution in [2.45, 2.75) is 13.3 Å². The molecule has 0 bridgehead atoms. The van der Waals surface area contributed by atoms with Crippen LogP contribution in [0, 0.1) is 22.9 Å². The van der Waals surface area contributed by atoms with E-state index in [1.807, 2.05) is 0 Å². The van der Waals surface area contributed by atoms with Gasteiger partial charge in [0.05, 0.1) is 4.92 Å². The molecule has 29 heavy (non-hydrogen) atoms. The molecule has 0 aliphatic carbocycles. The summed E-state index contributed by atoms with van der Waals surface area (Å²) in [6.45, 7) is 6.68. The van der Waals surface area contributed by atoms with Crippen molar-refractivity contribution in [1.82, 2.24) is 10.2 Å². The van der Waals surface area contributed by atoms with Crippen molar-refractivity contribution >= 4 is 17.3 Å². The first kappa shape index (κ1) is 20.7. The number of nitrogens with one attached hydrogen (secondary N) is 1. The van der Waals surface area contributed by atoms with Crippen LogP contribution in [-0.4, -0.2) is 55.0 Å². The number of nitro groups is 1. The predicted molar refractivity (Wildman–Crippen MR) is 110 cm³/mol. The number of nitrogens with zero attached hydrogens (tertiary/aromatic N) is 3. The second kappa shape index (κ2) is 9.47. The number of halogens is 1. The van der Waals surface area contributed by atoms with Gasteiger partial charge in [-0.3, -0.25) is 19.8 Å². The minimum absolute atomic E-state index is 0.0151. The summed E-state index contributed by atoms with van der Waals surface area (Å²) in [4.78, 5) is 27.2. The van der Waals surface area contributed by atoms with Crippen LogP contribution in [0.3, 0.4) is 0 Å². The highest BCUT2D eigenvalue weighted by Gasteiger charge is 2.17. The first-order valence-electron chi connectivity index (χ1n) is 9.70. The van der Waals surface area contributed by atoms with E-state index in [4.69, 9.17) is 0 Å². The molecule has 0 spiro atoms. The quantitative estimate of drug-likeness (QED) is 0.439. The Bertz CT molecular complexity index is 865. The Labute approximate surface area is 169 Å². The zero-order valence-corrected chi connectivity index (χ0v) is 16.4. The average molecular weight is 400 g/mol. The molecule has 7 nitrogen and oxygen atoms in total. The summed E-state index contributed by atoms with van der Waals surface area (Å²) in [5, 5.41) is 13.7. The van der Waals surface area contributed by atoms with Crippen LogP contribution in [0.1, 0.15) is 22.3 Å². The maximum atomic E-state index is 13.0. The van der Waals surface area contributed by atoms with Gasteiger partial charge in [0.2, 0.25) is 0 Å². The fourth-order valence-electron chi connectivity index (χ4n) is 3.49. The zero-order chi connectivity index (χ0) is 20.8. The van der Waals surface area contributed by atoms with E-state index in [1.165, 1.54) is 24.3 Å². The van der Waals surface area contributed by atoms with Crippen molar-refractivity contribution in [2.24, 2.45) is 0 Å². The van der Waals surface area contributed by atoms with Crippen LogP contribution in [0.4, 0.5) is 15.8 Å². The summed E-state index contributed by atoms with van der Waals surface area (Å²) in [6, 6.07) is 11.0. The third kappa shape index (κ3) is 5.51. The van der Waals surface area contributed by atoms with Crippen molar-refractivity contribution in [3.05, 3.63) is 69.5 Å². The third-order valence-electron chi connectivity index (χ3n) is 5.16. The number of anilines is 1. The van der Waals surface area contributed by atoms with Crippen molar-refractivity contribution in [3.63, 3.8) is 0 Å². The van der Waals surface area contributed by atoms with E-state index in [2.05, 4.69) is 15.1 Å². The number of carbonyl (C=O) groups is 1. The summed E-state index contributed by atoms with van der Waals surface area (Å²) >= 11 is 0. The van der Waals surface area contributed by atoms with Crippen LogP contribution in [0.5, 0.6) is 0 Å². The van der Waals surface area contributed by atoms with Gasteiger partial charge >= 0.3 is 0 Å². The maximum Gasteiger partial charge on any atom is 0.272 e. The lowest BCUT2D eigenvalue weighted by Crippen LogP contribution is -2.47. The SMILES string of the molecule is Cc1cc(C(=O)NCCCN2CCN(c3ccc(F)cc3)CC2)ccc1[N+](=O)[O-]. The van der Waals surface area contributed by atoms with Crippen LogP contribution in [0.25, 0.3) is 0 Å². The number of rotatable bonds is 7. The van der Waals surface area contributed by atoms with Crippen molar-refractivity contribution in [1.29, 1.82) is 0 Å². The zero-order valence-electron chi connectivity index (χ0n) is 16.4. The topological polar surface area (TPSA) is 78.7 Å². The van der Waals surface area contributed by atoms with Crippen molar-refractivity contribution < 1.29 is 14.1 Å². The molecular weight excluding hydrogens is 375 g/mol. The monoisotopic (exact) mass is 400 g/mol. The molecule has 2 aromatic carbocycles. The molecule has 1 aliphatic rings. The Morgan fingerprint density at radius 3 is 2.45 bits per heavy atom. The van der Waals surface area contributed by atoms with Crippen LogP contribution >= 0.6 is 0 Å². The minimum Gasteiger partial charge on any atom is -0.369 e. The van der Waals surface area contributed by atoms with Gasteiger partial charge in [-0.05, 0) is 56.3 Å². The molecule has 1 N–H and O–H groups in total. The lowest BCUT2D eigenvalue weighted by molar-refractivity contribution is -0.385.